The molecule has 10 nitrogen and oxygen atoms in total. The molecule has 10 heteroatoms. The minimum atomic E-state index is -0.862. The fraction of sp³-hybridized carbons (Fsp3) is 0.368. The van der Waals surface area contributed by atoms with Crippen LogP contribution in [-0.2, 0) is 17.8 Å². The van der Waals surface area contributed by atoms with E-state index in [1.807, 2.05) is 18.2 Å². The molecule has 0 radical (unpaired) electrons. The number of hydrogen-bond donors (Lipinski definition) is 5. The van der Waals surface area contributed by atoms with Gasteiger partial charge in [-0.15, -0.1) is 0 Å². The van der Waals surface area contributed by atoms with Gasteiger partial charge >= 0.3 is 0 Å². The Labute approximate surface area is 169 Å². The highest BCUT2D eigenvalue weighted by Crippen LogP contribution is 2.11. The van der Waals surface area contributed by atoms with Crippen LogP contribution in [0.25, 0.3) is 0 Å². The van der Waals surface area contributed by atoms with Crippen LogP contribution in [0.4, 0.5) is 5.69 Å². The molecule has 9 N–H and O–H groups in total. The van der Waals surface area contributed by atoms with E-state index in [1.54, 1.807) is 10.9 Å². The van der Waals surface area contributed by atoms with Crippen molar-refractivity contribution in [3.05, 3.63) is 47.8 Å². The van der Waals surface area contributed by atoms with Gasteiger partial charge in [0, 0.05) is 19.3 Å². The molecule has 2 rings (SSSR count). The van der Waals surface area contributed by atoms with Crippen LogP contribution >= 0.6 is 0 Å². The summed E-state index contributed by atoms with van der Waals surface area (Å²) in [6, 6.07) is 9.23. The molecule has 2 amide bonds. The van der Waals surface area contributed by atoms with Gasteiger partial charge in [-0.25, -0.2) is 0 Å². The molecule has 0 bridgehead atoms. The number of nitrogens with two attached hydrogens (primary N) is 4. The molecule has 0 fully saturated rings. The Morgan fingerprint density at radius 3 is 2.52 bits per heavy atom. The molecule has 1 atom stereocenters. The lowest BCUT2D eigenvalue weighted by Crippen LogP contribution is -2.44. The number of amides is 2. The van der Waals surface area contributed by atoms with E-state index < -0.39 is 17.9 Å². The zero-order valence-corrected chi connectivity index (χ0v) is 16.3. The van der Waals surface area contributed by atoms with E-state index in [0.29, 0.717) is 25.9 Å². The minimum absolute atomic E-state index is 0.0322. The van der Waals surface area contributed by atoms with Crippen molar-refractivity contribution in [1.29, 1.82) is 0 Å². The predicted molar refractivity (Wildman–Crippen MR) is 112 cm³/mol. The summed E-state index contributed by atoms with van der Waals surface area (Å²) >= 11 is 0. The van der Waals surface area contributed by atoms with Gasteiger partial charge in [-0.3, -0.25) is 19.3 Å². The predicted octanol–water partition coefficient (Wildman–Crippen LogP) is -0.265. The zero-order chi connectivity index (χ0) is 21.2. The summed E-state index contributed by atoms with van der Waals surface area (Å²) in [5, 5.41) is 6.82. The Kier molecular flexibility index (Phi) is 8.01. The largest absolute Gasteiger partial charge is 0.396 e. The Hall–Kier alpha value is -3.56. The first-order valence-electron chi connectivity index (χ1n) is 9.39. The number of nitrogens with one attached hydrogen (secondary N) is 1. The van der Waals surface area contributed by atoms with Crippen LogP contribution in [0.15, 0.2) is 41.5 Å². The third-order valence-electron chi connectivity index (χ3n) is 4.29. The SMILES string of the molecule is NC(=O)[C@H](CCCN=C(N)N)NC(=O)c1nn(CCCc2ccccc2)cc1N. The molecule has 0 saturated carbocycles. The molecule has 156 valence electrons. The monoisotopic (exact) mass is 400 g/mol. The zero-order valence-electron chi connectivity index (χ0n) is 16.3. The van der Waals surface area contributed by atoms with Gasteiger partial charge in [0.25, 0.3) is 5.91 Å². The number of carbonyl (C=O) groups excluding carboxylic acids is 2. The van der Waals surface area contributed by atoms with Crippen molar-refractivity contribution >= 4 is 23.5 Å². The molecule has 0 aliphatic heterocycles. The summed E-state index contributed by atoms with van der Waals surface area (Å²) in [5.74, 6) is -1.23. The first-order chi connectivity index (χ1) is 13.9. The molecule has 1 aromatic carbocycles. The number of nitrogen functional groups attached to an aromatic ring is 1. The second-order valence-electron chi connectivity index (χ2n) is 6.66. The molecule has 29 heavy (non-hydrogen) atoms. The molecule has 1 aromatic heterocycles. The van der Waals surface area contributed by atoms with Crippen molar-refractivity contribution < 1.29 is 9.59 Å². The third kappa shape index (κ3) is 7.17. The number of aryl methyl sites for hydroxylation is 2. The number of primary amides is 1. The van der Waals surface area contributed by atoms with Crippen molar-refractivity contribution in [2.75, 3.05) is 12.3 Å². The molecule has 0 aliphatic carbocycles. The first-order valence-corrected chi connectivity index (χ1v) is 9.39. The number of aromatic nitrogens is 2. The number of anilines is 1. The van der Waals surface area contributed by atoms with Gasteiger partial charge in [-0.05, 0) is 31.2 Å². The smallest absolute Gasteiger partial charge is 0.274 e. The summed E-state index contributed by atoms with van der Waals surface area (Å²) in [7, 11) is 0. The van der Waals surface area contributed by atoms with Gasteiger partial charge in [0.05, 0.1) is 5.69 Å². The van der Waals surface area contributed by atoms with E-state index in [9.17, 15) is 9.59 Å². The van der Waals surface area contributed by atoms with E-state index in [0.717, 1.165) is 12.8 Å². The van der Waals surface area contributed by atoms with Crippen molar-refractivity contribution in [3.63, 3.8) is 0 Å². The number of benzene rings is 1. The van der Waals surface area contributed by atoms with E-state index in [1.165, 1.54) is 5.56 Å². The molecule has 1 heterocycles. The Morgan fingerprint density at radius 1 is 1.14 bits per heavy atom. The Morgan fingerprint density at radius 2 is 1.86 bits per heavy atom. The highest BCUT2D eigenvalue weighted by atomic mass is 16.2. The average molecular weight is 400 g/mol. The fourth-order valence-electron chi connectivity index (χ4n) is 2.83. The van der Waals surface area contributed by atoms with E-state index >= 15 is 0 Å². The average Bonchev–Trinajstić information content (AvgIpc) is 3.05. The van der Waals surface area contributed by atoms with Crippen LogP contribution in [0.3, 0.4) is 0 Å². The first kappa shape index (κ1) is 21.7. The number of hydrogen-bond acceptors (Lipinski definition) is 5. The number of aliphatic imine (C=N–C) groups is 1. The van der Waals surface area contributed by atoms with Gasteiger partial charge in [0.15, 0.2) is 11.7 Å². The molecule has 0 unspecified atom stereocenters. The summed E-state index contributed by atoms with van der Waals surface area (Å²) in [4.78, 5) is 27.9. The topological polar surface area (TPSA) is 180 Å². The van der Waals surface area contributed by atoms with E-state index in [-0.39, 0.29) is 17.3 Å². The number of nitrogens with zero attached hydrogens (tertiary/aromatic N) is 3. The Balaban J connectivity index is 1.90. The van der Waals surface area contributed by atoms with Gasteiger partial charge in [0.2, 0.25) is 5.91 Å². The highest BCUT2D eigenvalue weighted by molar-refractivity contribution is 5.99. The maximum absolute atomic E-state index is 12.5. The minimum Gasteiger partial charge on any atom is -0.396 e. The Bertz CT molecular complexity index is 843. The highest BCUT2D eigenvalue weighted by Gasteiger charge is 2.22. The quantitative estimate of drug-likeness (QED) is 0.197. The molecule has 2 aromatic rings. The lowest BCUT2D eigenvalue weighted by atomic mass is 10.1. The third-order valence-corrected chi connectivity index (χ3v) is 4.29. The second-order valence-corrected chi connectivity index (χ2v) is 6.66. The van der Waals surface area contributed by atoms with Crippen LogP contribution in [-0.4, -0.2) is 40.1 Å². The van der Waals surface area contributed by atoms with Crippen LogP contribution in [0, 0.1) is 0 Å². The van der Waals surface area contributed by atoms with Crippen LogP contribution in [0.2, 0.25) is 0 Å². The summed E-state index contributed by atoms with van der Waals surface area (Å²) in [6.45, 7) is 0.949. The second kappa shape index (κ2) is 10.7. The maximum atomic E-state index is 12.5. The normalized spacial score (nSPS) is 11.6. The van der Waals surface area contributed by atoms with Gasteiger partial charge < -0.3 is 28.3 Å². The number of carbonyl (C=O) groups is 2. The lowest BCUT2D eigenvalue weighted by molar-refractivity contribution is -0.120. The standard InChI is InChI=1S/C19H28N8O2/c20-14-12-27(11-5-8-13-6-2-1-3-7-13)26-16(14)18(29)25-15(17(21)28)9-4-10-24-19(22)23/h1-3,6-7,12,15H,4-5,8-11,20H2,(H2,21,28)(H,25,29)(H4,22,23,24)/t15-/m0/s1. The fourth-order valence-corrected chi connectivity index (χ4v) is 2.83. The van der Waals surface area contributed by atoms with Crippen LogP contribution in [0.5, 0.6) is 0 Å². The van der Waals surface area contributed by atoms with E-state index in [4.69, 9.17) is 22.9 Å². The van der Waals surface area contributed by atoms with Crippen LogP contribution < -0.4 is 28.3 Å². The number of rotatable bonds is 11. The number of guanidine groups is 1. The molecule has 0 spiro atoms. The molecular weight excluding hydrogens is 372 g/mol. The lowest BCUT2D eigenvalue weighted by Gasteiger charge is -2.14. The molecule has 0 saturated heterocycles. The van der Waals surface area contributed by atoms with Gasteiger partial charge in [-0.2, -0.15) is 5.10 Å². The summed E-state index contributed by atoms with van der Waals surface area (Å²) in [5.41, 5.74) is 23.4. The van der Waals surface area contributed by atoms with Gasteiger partial charge in [0.1, 0.15) is 6.04 Å². The molecule has 0 aliphatic rings. The van der Waals surface area contributed by atoms with Gasteiger partial charge in [-0.1, -0.05) is 30.3 Å². The van der Waals surface area contributed by atoms with Crippen molar-refractivity contribution in [2.45, 2.75) is 38.3 Å². The molecular formula is C19H28N8O2. The summed E-state index contributed by atoms with van der Waals surface area (Å²) < 4.78 is 1.63. The summed E-state index contributed by atoms with van der Waals surface area (Å²) in [6.07, 6.45) is 4.13. The van der Waals surface area contributed by atoms with Crippen molar-refractivity contribution in [3.8, 4) is 0 Å². The van der Waals surface area contributed by atoms with Crippen molar-refractivity contribution in [2.24, 2.45) is 22.2 Å². The maximum Gasteiger partial charge on any atom is 0.274 e. The van der Waals surface area contributed by atoms with Crippen molar-refractivity contribution in [1.82, 2.24) is 15.1 Å². The van der Waals surface area contributed by atoms with Crippen LogP contribution in [0.1, 0.15) is 35.3 Å². The van der Waals surface area contributed by atoms with E-state index in [2.05, 4.69) is 27.5 Å².